The summed E-state index contributed by atoms with van der Waals surface area (Å²) in [4.78, 5) is 15.4. The standard InChI is InChI=1S/C33H40N4O4/c1-3-36-16-6-7-27(36)22-41-28-13-11-23-19-25(10-9-24(23)20-28)32-29-21-26(33(38)34-15-18-39-2)12-14-30(29)37(35-32)31-8-4-5-17-40-31/h9-14,19-21,27,31H,3-8,15-18,22H2,1-2H3,(H,34,38)/t27?,31-/m0/s1. The van der Waals surface area contributed by atoms with Crippen molar-refractivity contribution in [2.24, 2.45) is 0 Å². The summed E-state index contributed by atoms with van der Waals surface area (Å²) in [5.41, 5.74) is 3.43. The number of ether oxygens (including phenoxy) is 3. The Morgan fingerprint density at radius 2 is 1.93 bits per heavy atom. The Kier molecular flexibility index (Phi) is 8.51. The third-order valence-electron chi connectivity index (χ3n) is 8.42. The fourth-order valence-corrected chi connectivity index (χ4v) is 6.15. The molecule has 0 aliphatic carbocycles. The molecule has 6 rings (SSSR count). The van der Waals surface area contributed by atoms with Gasteiger partial charge in [-0.3, -0.25) is 9.69 Å². The van der Waals surface area contributed by atoms with Crippen molar-refractivity contribution >= 4 is 27.6 Å². The molecule has 4 aromatic rings. The molecule has 8 heteroatoms. The van der Waals surface area contributed by atoms with E-state index in [9.17, 15) is 4.79 Å². The monoisotopic (exact) mass is 556 g/mol. The summed E-state index contributed by atoms with van der Waals surface area (Å²) in [5.74, 6) is 0.781. The highest BCUT2D eigenvalue weighted by Gasteiger charge is 2.24. The average Bonchev–Trinajstić information content (AvgIpc) is 3.64. The molecule has 3 aromatic carbocycles. The molecular weight excluding hydrogens is 516 g/mol. The van der Waals surface area contributed by atoms with Gasteiger partial charge in [-0.05, 0) is 92.4 Å². The number of nitrogens with one attached hydrogen (secondary N) is 1. The second kappa shape index (κ2) is 12.6. The van der Waals surface area contributed by atoms with Gasteiger partial charge in [0.25, 0.3) is 5.91 Å². The second-order valence-electron chi connectivity index (χ2n) is 11.1. The zero-order valence-electron chi connectivity index (χ0n) is 24.1. The number of hydrogen-bond acceptors (Lipinski definition) is 6. The predicted octanol–water partition coefficient (Wildman–Crippen LogP) is 5.79. The van der Waals surface area contributed by atoms with E-state index in [4.69, 9.17) is 19.3 Å². The minimum absolute atomic E-state index is 0.106. The summed E-state index contributed by atoms with van der Waals surface area (Å²) in [7, 11) is 1.62. The Hall–Kier alpha value is -3.46. The maximum atomic E-state index is 12.9. The first-order valence-electron chi connectivity index (χ1n) is 15.0. The number of fused-ring (bicyclic) bond motifs is 2. The maximum Gasteiger partial charge on any atom is 0.251 e. The molecule has 0 bridgehead atoms. The number of methoxy groups -OCH3 is 1. The Labute approximate surface area is 241 Å². The van der Waals surface area contributed by atoms with Crippen molar-refractivity contribution in [1.82, 2.24) is 20.0 Å². The molecule has 3 heterocycles. The summed E-state index contributed by atoms with van der Waals surface area (Å²) in [6.45, 7) is 6.86. The molecule has 0 radical (unpaired) electrons. The van der Waals surface area contributed by atoms with Gasteiger partial charge in [-0.2, -0.15) is 5.10 Å². The van der Waals surface area contributed by atoms with E-state index in [1.165, 1.54) is 19.4 Å². The number of likely N-dealkylation sites (N-methyl/N-ethyl adjacent to an activating group) is 1. The molecule has 1 unspecified atom stereocenters. The quantitative estimate of drug-likeness (QED) is 0.249. The number of amides is 1. The van der Waals surface area contributed by atoms with Crippen LogP contribution in [0.4, 0.5) is 0 Å². The number of carbonyl (C=O) groups excluding carboxylic acids is 1. The number of likely N-dealkylation sites (tertiary alicyclic amines) is 1. The molecule has 0 saturated carbocycles. The molecule has 216 valence electrons. The Morgan fingerprint density at radius 1 is 1.05 bits per heavy atom. The number of rotatable bonds is 10. The lowest BCUT2D eigenvalue weighted by Gasteiger charge is -2.23. The fraction of sp³-hybridized carbons (Fsp3) is 0.455. The highest BCUT2D eigenvalue weighted by atomic mass is 16.5. The second-order valence-corrected chi connectivity index (χ2v) is 11.1. The Morgan fingerprint density at radius 3 is 2.76 bits per heavy atom. The van der Waals surface area contributed by atoms with Gasteiger partial charge in [0.1, 0.15) is 18.1 Å². The lowest BCUT2D eigenvalue weighted by molar-refractivity contribution is -0.0365. The zero-order valence-corrected chi connectivity index (χ0v) is 24.1. The smallest absolute Gasteiger partial charge is 0.251 e. The summed E-state index contributed by atoms with van der Waals surface area (Å²) in [6.07, 6.45) is 5.45. The van der Waals surface area contributed by atoms with E-state index >= 15 is 0 Å². The fourth-order valence-electron chi connectivity index (χ4n) is 6.15. The topological polar surface area (TPSA) is 77.8 Å². The molecule has 2 fully saturated rings. The van der Waals surface area contributed by atoms with Crippen LogP contribution in [0.1, 0.15) is 55.6 Å². The summed E-state index contributed by atoms with van der Waals surface area (Å²) < 4.78 is 19.4. The van der Waals surface area contributed by atoms with Crippen LogP contribution >= 0.6 is 0 Å². The van der Waals surface area contributed by atoms with Gasteiger partial charge >= 0.3 is 0 Å². The first-order chi connectivity index (χ1) is 20.1. The van der Waals surface area contributed by atoms with Gasteiger partial charge in [0, 0.05) is 42.8 Å². The van der Waals surface area contributed by atoms with Crippen LogP contribution in [0.2, 0.25) is 0 Å². The molecule has 1 aromatic heterocycles. The van der Waals surface area contributed by atoms with Crippen LogP contribution < -0.4 is 10.1 Å². The number of nitrogens with zero attached hydrogens (tertiary/aromatic N) is 3. The number of benzene rings is 3. The summed E-state index contributed by atoms with van der Waals surface area (Å²) in [6, 6.07) is 19.0. The van der Waals surface area contributed by atoms with Gasteiger partial charge in [0.15, 0.2) is 6.23 Å². The molecular formula is C33H40N4O4. The predicted molar refractivity (Wildman–Crippen MR) is 161 cm³/mol. The van der Waals surface area contributed by atoms with Crippen LogP contribution in [0.15, 0.2) is 54.6 Å². The molecule has 8 nitrogen and oxygen atoms in total. The van der Waals surface area contributed by atoms with Crippen molar-refractivity contribution in [3.05, 3.63) is 60.2 Å². The molecule has 1 N–H and O–H groups in total. The van der Waals surface area contributed by atoms with E-state index in [0.29, 0.717) is 24.8 Å². The molecule has 0 spiro atoms. The lowest BCUT2D eigenvalue weighted by atomic mass is 10.0. The van der Waals surface area contributed by atoms with Crippen LogP contribution in [-0.2, 0) is 9.47 Å². The van der Waals surface area contributed by atoms with E-state index in [0.717, 1.165) is 77.7 Å². The maximum absolute atomic E-state index is 12.9. The van der Waals surface area contributed by atoms with Crippen LogP contribution in [0.25, 0.3) is 32.9 Å². The normalized spacial score (nSPS) is 19.7. The van der Waals surface area contributed by atoms with Crippen molar-refractivity contribution < 1.29 is 19.0 Å². The minimum Gasteiger partial charge on any atom is -0.492 e. The van der Waals surface area contributed by atoms with Gasteiger partial charge in [0.05, 0.1) is 12.1 Å². The summed E-state index contributed by atoms with van der Waals surface area (Å²) in [5, 5.41) is 11.2. The van der Waals surface area contributed by atoms with Crippen molar-refractivity contribution in [2.75, 3.05) is 46.6 Å². The summed E-state index contributed by atoms with van der Waals surface area (Å²) >= 11 is 0. The van der Waals surface area contributed by atoms with Crippen LogP contribution in [0.5, 0.6) is 5.75 Å². The largest absolute Gasteiger partial charge is 0.492 e. The lowest BCUT2D eigenvalue weighted by Crippen LogP contribution is -2.33. The third-order valence-corrected chi connectivity index (χ3v) is 8.42. The zero-order chi connectivity index (χ0) is 28.2. The first-order valence-corrected chi connectivity index (χ1v) is 15.0. The van der Waals surface area contributed by atoms with Gasteiger partial charge in [-0.15, -0.1) is 0 Å². The van der Waals surface area contributed by atoms with Crippen LogP contribution in [0, 0.1) is 0 Å². The molecule has 41 heavy (non-hydrogen) atoms. The minimum atomic E-state index is -0.123. The Balaban J connectivity index is 1.31. The van der Waals surface area contributed by atoms with Gasteiger partial charge < -0.3 is 19.5 Å². The highest BCUT2D eigenvalue weighted by Crippen LogP contribution is 2.35. The Bertz CT molecular complexity index is 1510. The van der Waals surface area contributed by atoms with Crippen LogP contribution in [-0.4, -0.2) is 73.2 Å². The van der Waals surface area contributed by atoms with Gasteiger partial charge in [0.2, 0.25) is 0 Å². The highest BCUT2D eigenvalue weighted by molar-refractivity contribution is 6.02. The van der Waals surface area contributed by atoms with E-state index in [1.54, 1.807) is 7.11 Å². The molecule has 2 aliphatic heterocycles. The van der Waals surface area contributed by atoms with Crippen molar-refractivity contribution in [3.63, 3.8) is 0 Å². The molecule has 1 amide bonds. The van der Waals surface area contributed by atoms with Gasteiger partial charge in [-0.1, -0.05) is 25.1 Å². The van der Waals surface area contributed by atoms with Crippen molar-refractivity contribution in [1.29, 1.82) is 0 Å². The van der Waals surface area contributed by atoms with E-state index < -0.39 is 0 Å². The first kappa shape index (κ1) is 27.7. The van der Waals surface area contributed by atoms with E-state index in [-0.39, 0.29) is 12.1 Å². The third kappa shape index (κ3) is 5.96. The van der Waals surface area contributed by atoms with E-state index in [2.05, 4.69) is 53.5 Å². The molecule has 2 saturated heterocycles. The number of hydrogen-bond donors (Lipinski definition) is 1. The van der Waals surface area contributed by atoms with Crippen LogP contribution in [0.3, 0.4) is 0 Å². The average molecular weight is 557 g/mol. The molecule has 2 aliphatic rings. The SMILES string of the molecule is CCN1CCCC1COc1ccc2cc(-c3nn([C@@H]4CCCCO4)c4ccc(C(=O)NCCOC)cc34)ccc2c1. The molecule has 2 atom stereocenters. The van der Waals surface area contributed by atoms with Crippen molar-refractivity contribution in [2.45, 2.75) is 51.3 Å². The van der Waals surface area contributed by atoms with E-state index in [1.807, 2.05) is 22.9 Å². The van der Waals surface area contributed by atoms with Gasteiger partial charge in [-0.25, -0.2) is 4.68 Å². The number of carbonyl (C=O) groups is 1. The van der Waals surface area contributed by atoms with Crippen molar-refractivity contribution in [3.8, 4) is 17.0 Å². The number of aromatic nitrogens is 2.